The van der Waals surface area contributed by atoms with E-state index in [0.717, 1.165) is 10.8 Å². The predicted octanol–water partition coefficient (Wildman–Crippen LogP) is -1.65. The number of hydrogen-bond acceptors (Lipinski definition) is 14. The Kier molecular flexibility index (Phi) is 22.5. The zero-order chi connectivity index (χ0) is 66.3. The lowest BCUT2D eigenvalue weighted by atomic mass is 9.98. The molecule has 5 fully saturated rings. The number of carbonyl (C=O) groups excluding carboxylic acids is 13. The number of benzene rings is 3. The number of nitrogens with one attached hydrogen (secondary N) is 13. The first-order valence-electron chi connectivity index (χ1n) is 31.5. The quantitative estimate of drug-likeness (QED) is 0.0523. The van der Waals surface area contributed by atoms with Crippen LogP contribution in [0.5, 0.6) is 0 Å². The van der Waals surface area contributed by atoms with E-state index in [1.165, 1.54) is 17.4 Å². The van der Waals surface area contributed by atoms with Crippen LogP contribution >= 0.6 is 0 Å². The Morgan fingerprint density at radius 2 is 1.38 bits per heavy atom. The summed E-state index contributed by atoms with van der Waals surface area (Å²) in [5.41, 5.74) is 7.97. The minimum Gasteiger partial charge on any atom is -0.368 e. The van der Waals surface area contributed by atoms with Crippen LogP contribution in [0, 0.1) is 5.92 Å². The molecule has 2 aromatic heterocycles. The van der Waals surface area contributed by atoms with Crippen molar-refractivity contribution in [3.05, 3.63) is 102 Å². The zero-order valence-electron chi connectivity index (χ0n) is 51.7. The van der Waals surface area contributed by atoms with E-state index in [4.69, 9.17) is 5.73 Å². The summed E-state index contributed by atoms with van der Waals surface area (Å²) in [5, 5.41) is 31.8. The van der Waals surface area contributed by atoms with Crippen molar-refractivity contribution >= 4 is 98.5 Å². The standard InChI is InChI=1S/C64H80N16O13/c1-34(2)24-45-58(87)73-44-14-7-8-22-67-52(81)20-18-43(57(86)75-46(59(88)74-45)26-35-16-17-36-10-3-4-11-37(36)25-35)72-62(91)49(29-54(83)69-32-50(55(65)84)79-63(92)51-15-9-23-80(51)64(44)93)78-60(89)47(27-38-30-68-41-13-6-5-12-40(38)41)76-61(90)48(28-39-31-66-33-70-39)77-56(85)42-19-21-53(82)71-42/h3-6,10-13,16-17,25,30-31,33-34,42-51,68H,7-9,14-15,18-24,26-29,32H2,1-2H3,(H2,65,84)(H,66,70)(H,67,81)(H,69,83)(H,71,82)(H,72,91)(H,73,87)(H,74,88)(H,75,86)(H,76,90)(H,77,85)(H,78,89)(H,79,92)/t42-,43-,44-,45-,46+,47+,48-,49-,50?,51-/m0/s1. The topological polar surface area (TPSA) is 428 Å². The highest BCUT2D eigenvalue weighted by molar-refractivity contribution is 6.01. The summed E-state index contributed by atoms with van der Waals surface area (Å²) in [6.45, 7) is 3.15. The molecule has 0 aliphatic carbocycles. The Bertz CT molecular complexity index is 3630. The van der Waals surface area contributed by atoms with Crippen LogP contribution in [0.3, 0.4) is 0 Å². The van der Waals surface area contributed by atoms with E-state index in [0.29, 0.717) is 40.6 Å². The van der Waals surface area contributed by atoms with Crippen molar-refractivity contribution in [2.45, 2.75) is 164 Å². The van der Waals surface area contributed by atoms with Crippen LogP contribution in [0.1, 0.15) is 101 Å². The first kappa shape index (κ1) is 67.2. The maximum atomic E-state index is 15.2. The smallest absolute Gasteiger partial charge is 0.245 e. The highest BCUT2D eigenvalue weighted by Gasteiger charge is 2.41. The summed E-state index contributed by atoms with van der Waals surface area (Å²) in [5.74, 6) is -11.0. The first-order valence-corrected chi connectivity index (χ1v) is 31.5. The molecule has 5 saturated heterocycles. The van der Waals surface area contributed by atoms with Crippen molar-refractivity contribution in [1.82, 2.24) is 78.3 Å². The van der Waals surface area contributed by atoms with Gasteiger partial charge in [-0.05, 0) is 85.3 Å². The van der Waals surface area contributed by atoms with Gasteiger partial charge in [-0.2, -0.15) is 0 Å². The van der Waals surface area contributed by atoms with Gasteiger partial charge in [0.25, 0.3) is 0 Å². The lowest BCUT2D eigenvalue weighted by Gasteiger charge is -2.31. The molecule has 0 saturated carbocycles. The van der Waals surface area contributed by atoms with Crippen molar-refractivity contribution in [3.63, 3.8) is 0 Å². The molecule has 1 unspecified atom stereocenters. The second kappa shape index (κ2) is 31.2. The third kappa shape index (κ3) is 18.1. The van der Waals surface area contributed by atoms with E-state index in [9.17, 15) is 47.9 Å². The Morgan fingerprint density at radius 3 is 2.13 bits per heavy atom. The van der Waals surface area contributed by atoms with Crippen LogP contribution in [0.15, 0.2) is 85.5 Å². The van der Waals surface area contributed by atoms with Crippen molar-refractivity contribution in [3.8, 4) is 0 Å². The van der Waals surface area contributed by atoms with E-state index in [1.54, 1.807) is 36.5 Å². The molecule has 0 spiro atoms. The zero-order valence-corrected chi connectivity index (χ0v) is 51.7. The summed E-state index contributed by atoms with van der Waals surface area (Å²) >= 11 is 0. The Labute approximate surface area is 534 Å². The van der Waals surface area contributed by atoms with E-state index < -0.39 is 151 Å². The number of H-pyrrole nitrogens is 2. The number of fused-ring (bicyclic) bond motifs is 25. The van der Waals surface area contributed by atoms with Gasteiger partial charge >= 0.3 is 0 Å². The van der Waals surface area contributed by atoms with Gasteiger partial charge in [-0.3, -0.25) is 62.3 Å². The Hall–Kier alpha value is -10.2. The van der Waals surface area contributed by atoms with Gasteiger partial charge in [-0.25, -0.2) is 4.98 Å². The maximum Gasteiger partial charge on any atom is 0.245 e. The number of amides is 13. The van der Waals surface area contributed by atoms with Gasteiger partial charge < -0.3 is 79.1 Å². The summed E-state index contributed by atoms with van der Waals surface area (Å²) < 4.78 is 0. The second-order valence-electron chi connectivity index (χ2n) is 24.5. The highest BCUT2D eigenvalue weighted by Crippen LogP contribution is 2.24. The van der Waals surface area contributed by atoms with Gasteiger partial charge in [-0.15, -0.1) is 0 Å². The van der Waals surface area contributed by atoms with Crippen LogP contribution in [0.2, 0.25) is 0 Å². The molecule has 29 heteroatoms. The summed E-state index contributed by atoms with van der Waals surface area (Å²) in [7, 11) is 0. The number of nitrogens with two attached hydrogens (primary N) is 1. The van der Waals surface area contributed by atoms with E-state index in [1.807, 2.05) is 50.2 Å². The fourth-order valence-corrected chi connectivity index (χ4v) is 12.1. The average molecular weight is 1280 g/mol. The van der Waals surface area contributed by atoms with Crippen molar-refractivity contribution in [2.24, 2.45) is 11.7 Å². The SMILES string of the molecule is CC(C)C[C@@H]1NC(=O)[C@@H](Cc2ccc3ccccc3c2)NC(=O)[C@@H]2CCC(=O)NCCCC[C@H](NC1=O)C(=O)N1CCC[C@H]1C(=O)NC(C(N)=O)CNC(=O)C[C@H](NC(=O)[C@@H](Cc1c[nH]c3ccccc13)NC(=O)[C@H](Cc1cnc[nH]1)NC(=O)[C@@H]1CCC(=O)N1)C(=O)N2. The first-order chi connectivity index (χ1) is 44.7. The molecular formula is C64H80N16O13. The van der Waals surface area contributed by atoms with Gasteiger partial charge in [0.15, 0.2) is 0 Å². The van der Waals surface area contributed by atoms with Crippen LogP contribution in [0.4, 0.5) is 0 Å². The number of hydrogen-bond donors (Lipinski definition) is 14. The molecule has 93 heavy (non-hydrogen) atoms. The number of primary amides is 1. The van der Waals surface area contributed by atoms with Crippen LogP contribution in [-0.4, -0.2) is 177 Å². The van der Waals surface area contributed by atoms with E-state index in [-0.39, 0.29) is 89.1 Å². The molecule has 2 bridgehead atoms. The normalized spacial score (nSPS) is 24.1. The Morgan fingerprint density at radius 1 is 0.645 bits per heavy atom. The second-order valence-corrected chi connectivity index (χ2v) is 24.5. The molecule has 494 valence electrons. The molecular weight excluding hydrogens is 1200 g/mol. The molecule has 10 rings (SSSR count). The molecule has 5 aromatic rings. The van der Waals surface area contributed by atoms with E-state index >= 15 is 14.4 Å². The fourth-order valence-electron chi connectivity index (χ4n) is 12.1. The fraction of sp³-hybridized carbons (Fsp3) is 0.469. The third-order valence-corrected chi connectivity index (χ3v) is 17.1. The number of para-hydroxylation sites is 1. The van der Waals surface area contributed by atoms with Crippen LogP contribution in [-0.2, 0) is 81.6 Å². The van der Waals surface area contributed by atoms with Gasteiger partial charge in [-0.1, -0.05) is 74.5 Å². The molecule has 29 nitrogen and oxygen atoms in total. The minimum absolute atomic E-state index is 0.0409. The maximum absolute atomic E-state index is 15.2. The lowest BCUT2D eigenvalue weighted by molar-refractivity contribution is -0.142. The van der Waals surface area contributed by atoms with Crippen molar-refractivity contribution in [1.29, 1.82) is 0 Å². The van der Waals surface area contributed by atoms with Gasteiger partial charge in [0, 0.05) is 80.7 Å². The number of imidazole rings is 1. The third-order valence-electron chi connectivity index (χ3n) is 17.1. The number of carbonyl (C=O) groups is 13. The van der Waals surface area contributed by atoms with E-state index in [2.05, 4.69) is 73.4 Å². The number of nitrogens with zero attached hydrogens (tertiary/aromatic N) is 2. The monoisotopic (exact) mass is 1280 g/mol. The molecule has 7 heterocycles. The average Bonchev–Trinajstić information content (AvgIpc) is 1.86. The molecule has 0 radical (unpaired) electrons. The lowest BCUT2D eigenvalue weighted by Crippen LogP contribution is -2.61. The Balaban J connectivity index is 1.10. The number of aromatic nitrogens is 3. The molecule has 5 aliphatic rings. The largest absolute Gasteiger partial charge is 0.368 e. The predicted molar refractivity (Wildman–Crippen MR) is 336 cm³/mol. The van der Waals surface area contributed by atoms with Crippen LogP contribution in [0.25, 0.3) is 21.7 Å². The van der Waals surface area contributed by atoms with Crippen molar-refractivity contribution in [2.75, 3.05) is 19.6 Å². The number of rotatable bonds is 15. The molecule has 3 aromatic carbocycles. The molecule has 5 aliphatic heterocycles. The summed E-state index contributed by atoms with van der Waals surface area (Å²) in [6, 6.07) is 5.55. The molecule has 15 N–H and O–H groups in total. The minimum atomic E-state index is -1.96. The summed E-state index contributed by atoms with van der Waals surface area (Å²) in [4.78, 5) is 197. The summed E-state index contributed by atoms with van der Waals surface area (Å²) in [6.07, 6.45) is 3.43. The van der Waals surface area contributed by atoms with Gasteiger partial charge in [0.1, 0.15) is 60.4 Å². The molecule has 10 atom stereocenters. The number of aromatic amines is 2. The van der Waals surface area contributed by atoms with Gasteiger partial charge in [0.05, 0.1) is 12.7 Å². The van der Waals surface area contributed by atoms with Crippen LogP contribution < -0.4 is 64.2 Å². The van der Waals surface area contributed by atoms with Gasteiger partial charge in [0.2, 0.25) is 76.8 Å². The van der Waals surface area contributed by atoms with Crippen molar-refractivity contribution < 1.29 is 62.3 Å². The highest BCUT2D eigenvalue weighted by atomic mass is 16.2. The molecule has 13 amide bonds.